The summed E-state index contributed by atoms with van der Waals surface area (Å²) in [6, 6.07) is 14.3. The van der Waals surface area contributed by atoms with Gasteiger partial charge in [0.25, 0.3) is 5.91 Å². The molecule has 2 aromatic carbocycles. The Balaban J connectivity index is 1.60. The molecule has 1 aliphatic carbocycles. The van der Waals surface area contributed by atoms with E-state index < -0.39 is 0 Å². The van der Waals surface area contributed by atoms with Crippen molar-refractivity contribution >= 4 is 11.6 Å². The van der Waals surface area contributed by atoms with Crippen LogP contribution < -0.4 is 15.4 Å². The van der Waals surface area contributed by atoms with Gasteiger partial charge < -0.3 is 15.4 Å². The Morgan fingerprint density at radius 1 is 1.16 bits per heavy atom. The zero-order valence-electron chi connectivity index (χ0n) is 15.0. The molecule has 0 atom stereocenters. The van der Waals surface area contributed by atoms with Crippen LogP contribution in [0.25, 0.3) is 0 Å². The van der Waals surface area contributed by atoms with Crippen LogP contribution in [0.2, 0.25) is 0 Å². The van der Waals surface area contributed by atoms with Crippen molar-refractivity contribution in [3.8, 4) is 5.75 Å². The van der Waals surface area contributed by atoms with Gasteiger partial charge in [-0.1, -0.05) is 25.1 Å². The number of ether oxygens (including phenoxy) is 1. The minimum Gasteiger partial charge on any atom is -0.494 e. The van der Waals surface area contributed by atoms with Crippen LogP contribution in [0.1, 0.15) is 47.7 Å². The maximum absolute atomic E-state index is 12.2. The topological polar surface area (TPSA) is 50.4 Å². The highest BCUT2D eigenvalue weighted by atomic mass is 16.5. The van der Waals surface area contributed by atoms with Gasteiger partial charge in [-0.3, -0.25) is 4.79 Å². The normalized spacial score (nSPS) is 13.4. The van der Waals surface area contributed by atoms with E-state index in [-0.39, 0.29) is 5.91 Å². The molecule has 2 N–H and O–H groups in total. The van der Waals surface area contributed by atoms with Gasteiger partial charge in [-0.15, -0.1) is 0 Å². The molecule has 0 unspecified atom stereocenters. The van der Waals surface area contributed by atoms with Gasteiger partial charge in [0.15, 0.2) is 0 Å². The molecule has 132 valence electrons. The predicted octanol–water partition coefficient (Wildman–Crippen LogP) is 4.29. The van der Waals surface area contributed by atoms with Crippen molar-refractivity contribution in [3.05, 3.63) is 59.2 Å². The highest BCUT2D eigenvalue weighted by molar-refractivity contribution is 5.95. The van der Waals surface area contributed by atoms with E-state index in [4.69, 9.17) is 4.74 Å². The van der Waals surface area contributed by atoms with Crippen molar-refractivity contribution in [3.63, 3.8) is 0 Å². The van der Waals surface area contributed by atoms with E-state index in [1.54, 1.807) is 0 Å². The Kier molecular flexibility index (Phi) is 5.59. The molecule has 1 aliphatic rings. The first-order valence-electron chi connectivity index (χ1n) is 9.03. The summed E-state index contributed by atoms with van der Waals surface area (Å²) < 4.78 is 5.61. The van der Waals surface area contributed by atoms with Crippen LogP contribution in [0, 0.1) is 6.92 Å². The molecule has 0 heterocycles. The number of carbonyl (C=O) groups is 1. The van der Waals surface area contributed by atoms with Crippen molar-refractivity contribution in [2.75, 3.05) is 11.9 Å². The molecule has 0 saturated heterocycles. The van der Waals surface area contributed by atoms with Gasteiger partial charge >= 0.3 is 0 Å². The fourth-order valence-electron chi connectivity index (χ4n) is 2.57. The van der Waals surface area contributed by atoms with Crippen molar-refractivity contribution in [1.29, 1.82) is 0 Å². The molecule has 1 amide bonds. The fraction of sp³-hybridized carbons (Fsp3) is 0.381. The highest BCUT2D eigenvalue weighted by Gasteiger charge is 2.23. The SMILES string of the molecule is CCCOc1ccc(CNc2cc(C(=O)NC3CC3)ccc2C)cc1. The lowest BCUT2D eigenvalue weighted by Crippen LogP contribution is -2.25. The smallest absolute Gasteiger partial charge is 0.251 e. The largest absolute Gasteiger partial charge is 0.494 e. The van der Waals surface area contributed by atoms with E-state index in [0.29, 0.717) is 18.2 Å². The van der Waals surface area contributed by atoms with Gasteiger partial charge in [0, 0.05) is 23.8 Å². The van der Waals surface area contributed by atoms with Crippen LogP contribution in [-0.4, -0.2) is 18.6 Å². The van der Waals surface area contributed by atoms with Crippen molar-refractivity contribution in [2.24, 2.45) is 0 Å². The quantitative estimate of drug-likeness (QED) is 0.755. The zero-order valence-corrected chi connectivity index (χ0v) is 15.0. The lowest BCUT2D eigenvalue weighted by Gasteiger charge is -2.12. The average Bonchev–Trinajstić information content (AvgIpc) is 3.44. The van der Waals surface area contributed by atoms with E-state index in [2.05, 4.69) is 29.7 Å². The summed E-state index contributed by atoms with van der Waals surface area (Å²) in [5, 5.41) is 6.47. The minimum atomic E-state index is 0.0166. The van der Waals surface area contributed by atoms with Crippen LogP contribution >= 0.6 is 0 Å². The van der Waals surface area contributed by atoms with Gasteiger partial charge in [0.1, 0.15) is 5.75 Å². The van der Waals surface area contributed by atoms with Crippen molar-refractivity contribution < 1.29 is 9.53 Å². The van der Waals surface area contributed by atoms with E-state index >= 15 is 0 Å². The van der Waals surface area contributed by atoms with Gasteiger partial charge in [0.2, 0.25) is 0 Å². The number of hydrogen-bond donors (Lipinski definition) is 2. The maximum atomic E-state index is 12.2. The molecular weight excluding hydrogens is 312 g/mol. The second-order valence-electron chi connectivity index (χ2n) is 6.62. The summed E-state index contributed by atoms with van der Waals surface area (Å²) >= 11 is 0. The summed E-state index contributed by atoms with van der Waals surface area (Å²) in [5.41, 5.74) is 4.01. The van der Waals surface area contributed by atoms with Gasteiger partial charge in [-0.05, 0) is 61.6 Å². The Morgan fingerprint density at radius 3 is 2.60 bits per heavy atom. The zero-order chi connectivity index (χ0) is 17.6. The minimum absolute atomic E-state index is 0.0166. The molecule has 4 nitrogen and oxygen atoms in total. The molecule has 4 heteroatoms. The Morgan fingerprint density at radius 2 is 1.92 bits per heavy atom. The number of rotatable bonds is 8. The maximum Gasteiger partial charge on any atom is 0.251 e. The van der Waals surface area contributed by atoms with Crippen molar-refractivity contribution in [2.45, 2.75) is 45.7 Å². The first kappa shape index (κ1) is 17.3. The number of aryl methyl sites for hydroxylation is 1. The number of carbonyl (C=O) groups excluding carboxylic acids is 1. The molecule has 2 aromatic rings. The molecule has 1 fully saturated rings. The number of benzene rings is 2. The average molecular weight is 338 g/mol. The van der Waals surface area contributed by atoms with E-state index in [1.807, 2.05) is 37.3 Å². The van der Waals surface area contributed by atoms with Crippen molar-refractivity contribution in [1.82, 2.24) is 5.32 Å². The number of anilines is 1. The Labute approximate surface area is 149 Å². The van der Waals surface area contributed by atoms with Gasteiger partial charge in [0.05, 0.1) is 6.61 Å². The molecule has 3 rings (SSSR count). The molecule has 0 bridgehead atoms. The van der Waals surface area contributed by atoms with Crippen LogP contribution in [0.15, 0.2) is 42.5 Å². The summed E-state index contributed by atoms with van der Waals surface area (Å²) in [5.74, 6) is 0.920. The molecule has 1 saturated carbocycles. The monoisotopic (exact) mass is 338 g/mol. The molecule has 25 heavy (non-hydrogen) atoms. The van der Waals surface area contributed by atoms with Crippen LogP contribution in [-0.2, 0) is 6.54 Å². The Bertz CT molecular complexity index is 721. The lowest BCUT2D eigenvalue weighted by molar-refractivity contribution is 0.0951. The van der Waals surface area contributed by atoms with E-state index in [1.165, 1.54) is 5.56 Å². The second-order valence-corrected chi connectivity index (χ2v) is 6.62. The highest BCUT2D eigenvalue weighted by Crippen LogP contribution is 2.22. The first-order valence-corrected chi connectivity index (χ1v) is 9.03. The van der Waals surface area contributed by atoms with E-state index in [0.717, 1.165) is 42.9 Å². The number of amides is 1. The molecule has 0 aromatic heterocycles. The number of hydrogen-bond acceptors (Lipinski definition) is 3. The molecule has 0 spiro atoms. The summed E-state index contributed by atoms with van der Waals surface area (Å²) in [7, 11) is 0. The van der Waals surface area contributed by atoms with E-state index in [9.17, 15) is 4.79 Å². The summed E-state index contributed by atoms with van der Waals surface area (Å²) in [4.78, 5) is 12.2. The molecule has 0 aliphatic heterocycles. The second kappa shape index (κ2) is 8.06. The summed E-state index contributed by atoms with van der Waals surface area (Å²) in [6.07, 6.45) is 3.20. The van der Waals surface area contributed by atoms with Gasteiger partial charge in [-0.25, -0.2) is 0 Å². The first-order chi connectivity index (χ1) is 12.2. The third-order valence-corrected chi connectivity index (χ3v) is 4.29. The molecular formula is C21H26N2O2. The van der Waals surface area contributed by atoms with Crippen LogP contribution in [0.3, 0.4) is 0 Å². The van der Waals surface area contributed by atoms with Crippen LogP contribution in [0.5, 0.6) is 5.75 Å². The standard InChI is InChI=1S/C21H26N2O2/c1-3-12-25-19-10-5-16(6-11-19)14-22-20-13-17(7-4-15(20)2)21(24)23-18-8-9-18/h4-7,10-11,13,18,22H,3,8-9,12,14H2,1-2H3,(H,23,24). The predicted molar refractivity (Wildman–Crippen MR) is 101 cm³/mol. The third-order valence-electron chi connectivity index (χ3n) is 4.29. The van der Waals surface area contributed by atoms with Crippen LogP contribution in [0.4, 0.5) is 5.69 Å². The Hall–Kier alpha value is -2.49. The van der Waals surface area contributed by atoms with Gasteiger partial charge in [-0.2, -0.15) is 0 Å². The lowest BCUT2D eigenvalue weighted by atomic mass is 10.1. The number of nitrogens with one attached hydrogen (secondary N) is 2. The third kappa shape index (κ3) is 4.99. The fourth-order valence-corrected chi connectivity index (χ4v) is 2.57. The summed E-state index contributed by atoms with van der Waals surface area (Å²) in [6.45, 7) is 5.60. The molecule has 0 radical (unpaired) electrons.